The molecule has 0 saturated heterocycles. The predicted molar refractivity (Wildman–Crippen MR) is 109 cm³/mol. The number of benzene rings is 1. The average molecular weight is 373 g/mol. The summed E-state index contributed by atoms with van der Waals surface area (Å²) >= 11 is 0. The summed E-state index contributed by atoms with van der Waals surface area (Å²) in [5.41, 5.74) is -0.300. The van der Waals surface area contributed by atoms with Gasteiger partial charge in [-0.25, -0.2) is 4.79 Å². The number of nitrogens with zero attached hydrogens (tertiary/aromatic N) is 2. The van der Waals surface area contributed by atoms with E-state index >= 15 is 0 Å². The first kappa shape index (κ1) is 20.9. The highest BCUT2D eigenvalue weighted by atomic mass is 16.2. The summed E-state index contributed by atoms with van der Waals surface area (Å²) in [4.78, 5) is 41.3. The molecule has 0 bridgehead atoms. The van der Waals surface area contributed by atoms with E-state index in [9.17, 15) is 14.4 Å². The van der Waals surface area contributed by atoms with Gasteiger partial charge in [-0.05, 0) is 36.8 Å². The summed E-state index contributed by atoms with van der Waals surface area (Å²) in [6.45, 7) is 10.3. The molecule has 2 aromatic rings. The minimum absolute atomic E-state index is 0.0541. The number of hydrogen-bond acceptors (Lipinski definition) is 3. The molecule has 148 valence electrons. The van der Waals surface area contributed by atoms with Crippen LogP contribution < -0.4 is 11.2 Å². The molecule has 0 aliphatic carbocycles. The maximum Gasteiger partial charge on any atom is 0.328 e. The first-order valence-corrected chi connectivity index (χ1v) is 9.79. The fourth-order valence-electron chi connectivity index (χ4n) is 3.02. The Morgan fingerprint density at radius 2 is 1.63 bits per heavy atom. The molecular weight excluding hydrogens is 342 g/mol. The molecule has 0 aliphatic rings. The largest absolute Gasteiger partial charge is 0.343 e. The molecule has 1 heterocycles. The first-order valence-electron chi connectivity index (χ1n) is 9.79. The van der Waals surface area contributed by atoms with Gasteiger partial charge in [0.15, 0.2) is 0 Å². The molecule has 27 heavy (non-hydrogen) atoms. The first-order chi connectivity index (χ1) is 12.8. The lowest BCUT2D eigenvalue weighted by atomic mass is 10.1. The van der Waals surface area contributed by atoms with Crippen molar-refractivity contribution in [1.82, 2.24) is 14.5 Å². The van der Waals surface area contributed by atoms with Crippen LogP contribution in [0.15, 0.2) is 33.9 Å². The highest BCUT2D eigenvalue weighted by Crippen LogP contribution is 2.10. The van der Waals surface area contributed by atoms with Gasteiger partial charge in [-0.15, -0.1) is 0 Å². The molecule has 2 rings (SSSR count). The lowest BCUT2D eigenvalue weighted by Gasteiger charge is -2.25. The van der Waals surface area contributed by atoms with Gasteiger partial charge in [0, 0.05) is 26.1 Å². The fraction of sp³-hybridized carbons (Fsp3) is 0.571. The lowest BCUT2D eigenvalue weighted by molar-refractivity contribution is -0.131. The number of carbonyl (C=O) groups is 1. The number of nitrogens with one attached hydrogen (secondary N) is 1. The van der Waals surface area contributed by atoms with Crippen LogP contribution in [0.1, 0.15) is 47.0 Å². The van der Waals surface area contributed by atoms with Crippen LogP contribution in [0.4, 0.5) is 0 Å². The normalized spacial score (nSPS) is 11.5. The summed E-state index contributed by atoms with van der Waals surface area (Å²) in [6, 6.07) is 6.98. The number of hydrogen-bond donors (Lipinski definition) is 1. The summed E-state index contributed by atoms with van der Waals surface area (Å²) in [5.74, 6) is 1.12. The summed E-state index contributed by atoms with van der Waals surface area (Å²) < 4.78 is 1.48. The Labute approximate surface area is 160 Å². The molecule has 1 aromatic heterocycles. The van der Waals surface area contributed by atoms with Crippen molar-refractivity contribution in [3.8, 4) is 0 Å². The van der Waals surface area contributed by atoms with E-state index in [1.165, 1.54) is 4.57 Å². The number of H-pyrrole nitrogens is 1. The van der Waals surface area contributed by atoms with E-state index in [0.29, 0.717) is 22.7 Å². The van der Waals surface area contributed by atoms with Gasteiger partial charge >= 0.3 is 5.69 Å². The zero-order chi connectivity index (χ0) is 20.0. The molecule has 6 heteroatoms. The molecule has 1 aromatic carbocycles. The van der Waals surface area contributed by atoms with Crippen molar-refractivity contribution in [2.75, 3.05) is 13.1 Å². The Kier molecular flexibility index (Phi) is 7.39. The Balaban J connectivity index is 2.15. The molecule has 0 saturated carbocycles. The molecule has 0 atom stereocenters. The fourth-order valence-corrected chi connectivity index (χ4v) is 3.02. The van der Waals surface area contributed by atoms with Crippen LogP contribution in [0, 0.1) is 11.8 Å². The highest BCUT2D eigenvalue weighted by Gasteiger charge is 2.16. The van der Waals surface area contributed by atoms with Crippen molar-refractivity contribution in [3.63, 3.8) is 0 Å². The SMILES string of the molecule is CC(C)CCN(CCC(C)C)C(=O)CCn1c(=O)[nH]c(=O)c2ccccc21. The number of amides is 1. The number of carbonyl (C=O) groups excluding carboxylic acids is 1. The third-order valence-corrected chi connectivity index (χ3v) is 4.76. The van der Waals surface area contributed by atoms with Crippen LogP contribution >= 0.6 is 0 Å². The summed E-state index contributed by atoms with van der Waals surface area (Å²) in [5, 5.41) is 0.459. The summed E-state index contributed by atoms with van der Waals surface area (Å²) in [7, 11) is 0. The topological polar surface area (TPSA) is 75.2 Å². The third kappa shape index (κ3) is 5.81. The second-order valence-corrected chi connectivity index (χ2v) is 7.92. The van der Waals surface area contributed by atoms with Crippen molar-refractivity contribution < 1.29 is 4.79 Å². The highest BCUT2D eigenvalue weighted by molar-refractivity contribution is 5.79. The van der Waals surface area contributed by atoms with E-state index in [2.05, 4.69) is 32.7 Å². The zero-order valence-electron chi connectivity index (χ0n) is 16.8. The van der Waals surface area contributed by atoms with Gasteiger partial charge in [-0.1, -0.05) is 39.8 Å². The van der Waals surface area contributed by atoms with Crippen LogP contribution in [-0.4, -0.2) is 33.4 Å². The van der Waals surface area contributed by atoms with Gasteiger partial charge in [-0.3, -0.25) is 19.1 Å². The van der Waals surface area contributed by atoms with Crippen LogP contribution in [0.5, 0.6) is 0 Å². The number of rotatable bonds is 9. The number of aromatic amines is 1. The standard InChI is InChI=1S/C21H31N3O3/c1-15(2)9-12-23(13-10-16(3)4)19(25)11-14-24-18-8-6-5-7-17(18)20(26)22-21(24)27/h5-8,15-16H,9-14H2,1-4H3,(H,22,26,27). The minimum atomic E-state index is -0.470. The van der Waals surface area contributed by atoms with Crippen LogP contribution in [0.2, 0.25) is 0 Å². The number of aromatic nitrogens is 2. The van der Waals surface area contributed by atoms with E-state index in [1.54, 1.807) is 24.3 Å². The predicted octanol–water partition coefficient (Wildman–Crippen LogP) is 3.00. The molecule has 0 aliphatic heterocycles. The van der Waals surface area contributed by atoms with Crippen LogP contribution in [0.25, 0.3) is 10.9 Å². The average Bonchev–Trinajstić information content (AvgIpc) is 2.61. The lowest BCUT2D eigenvalue weighted by Crippen LogP contribution is -2.36. The molecule has 0 radical (unpaired) electrons. The van der Waals surface area contributed by atoms with Gasteiger partial charge in [0.25, 0.3) is 5.56 Å². The molecule has 0 fully saturated rings. The Morgan fingerprint density at radius 1 is 1.04 bits per heavy atom. The van der Waals surface area contributed by atoms with Gasteiger partial charge in [0.05, 0.1) is 10.9 Å². The van der Waals surface area contributed by atoms with Gasteiger partial charge < -0.3 is 4.90 Å². The van der Waals surface area contributed by atoms with Gasteiger partial charge in [0.2, 0.25) is 5.91 Å². The van der Waals surface area contributed by atoms with Gasteiger partial charge in [0.1, 0.15) is 0 Å². The number of fused-ring (bicyclic) bond motifs is 1. The Bertz CT molecular complexity index is 868. The van der Waals surface area contributed by atoms with Crippen LogP contribution in [-0.2, 0) is 11.3 Å². The maximum absolute atomic E-state index is 12.8. The Morgan fingerprint density at radius 3 is 2.22 bits per heavy atom. The van der Waals surface area contributed by atoms with Crippen LogP contribution in [0.3, 0.4) is 0 Å². The van der Waals surface area contributed by atoms with E-state index in [0.717, 1.165) is 25.9 Å². The molecule has 0 spiro atoms. The smallest absolute Gasteiger partial charge is 0.328 e. The monoisotopic (exact) mass is 373 g/mol. The maximum atomic E-state index is 12.8. The van der Waals surface area contributed by atoms with E-state index < -0.39 is 11.2 Å². The van der Waals surface area contributed by atoms with E-state index in [4.69, 9.17) is 0 Å². The molecule has 6 nitrogen and oxygen atoms in total. The van der Waals surface area contributed by atoms with Crippen molar-refractivity contribution in [2.45, 2.75) is 53.5 Å². The van der Waals surface area contributed by atoms with Crippen molar-refractivity contribution >= 4 is 16.8 Å². The van der Waals surface area contributed by atoms with E-state index in [1.807, 2.05) is 4.90 Å². The van der Waals surface area contributed by atoms with E-state index in [-0.39, 0.29) is 18.9 Å². The molecular formula is C21H31N3O3. The van der Waals surface area contributed by atoms with Gasteiger partial charge in [-0.2, -0.15) is 0 Å². The summed E-state index contributed by atoms with van der Waals surface area (Å²) in [6.07, 6.45) is 2.17. The molecule has 0 unspecified atom stereocenters. The zero-order valence-corrected chi connectivity index (χ0v) is 16.8. The molecule has 1 amide bonds. The molecule has 1 N–H and O–H groups in total. The number of para-hydroxylation sites is 1. The van der Waals surface area contributed by atoms with Crippen molar-refractivity contribution in [1.29, 1.82) is 0 Å². The van der Waals surface area contributed by atoms with Crippen molar-refractivity contribution in [2.24, 2.45) is 11.8 Å². The second-order valence-electron chi connectivity index (χ2n) is 7.92. The van der Waals surface area contributed by atoms with Crippen molar-refractivity contribution in [3.05, 3.63) is 45.1 Å². The number of aryl methyl sites for hydroxylation is 1. The third-order valence-electron chi connectivity index (χ3n) is 4.76. The quantitative estimate of drug-likeness (QED) is 0.734. The minimum Gasteiger partial charge on any atom is -0.343 e. The Hall–Kier alpha value is -2.37. The second kappa shape index (κ2) is 9.53.